The summed E-state index contributed by atoms with van der Waals surface area (Å²) >= 11 is 0. The third kappa shape index (κ3) is 4.29. The SMILES string of the molecule is O=S(=O)(NCC1CCCOC1)c1c[nH]c(CNC2CC2)c1. The Labute approximate surface area is 125 Å². The Bertz CT molecular complexity index is 560. The fraction of sp³-hybridized carbons (Fsp3) is 0.714. The standard InChI is InChI=1S/C14H23N3O3S/c18-21(19,17-7-11-2-1-5-20-10-11)14-6-13(16-9-14)8-15-12-3-4-12/h6,9,11-12,15-17H,1-5,7-8,10H2. The number of rotatable bonds is 7. The van der Waals surface area contributed by atoms with Crippen LogP contribution >= 0.6 is 0 Å². The van der Waals surface area contributed by atoms with Crippen LogP contribution in [0.3, 0.4) is 0 Å². The van der Waals surface area contributed by atoms with Gasteiger partial charge < -0.3 is 15.0 Å². The van der Waals surface area contributed by atoms with Crippen molar-refractivity contribution in [3.63, 3.8) is 0 Å². The van der Waals surface area contributed by atoms with Crippen LogP contribution in [0.2, 0.25) is 0 Å². The molecule has 6 nitrogen and oxygen atoms in total. The van der Waals surface area contributed by atoms with Gasteiger partial charge in [-0.2, -0.15) is 0 Å². The Morgan fingerprint density at radius 3 is 2.90 bits per heavy atom. The van der Waals surface area contributed by atoms with Crippen LogP contribution in [0.1, 0.15) is 31.4 Å². The summed E-state index contributed by atoms with van der Waals surface area (Å²) in [7, 11) is -3.43. The molecule has 0 spiro atoms. The first kappa shape index (κ1) is 15.0. The summed E-state index contributed by atoms with van der Waals surface area (Å²) < 4.78 is 32.5. The highest BCUT2D eigenvalue weighted by Gasteiger charge is 2.22. The van der Waals surface area contributed by atoms with Crippen molar-refractivity contribution in [2.75, 3.05) is 19.8 Å². The predicted molar refractivity (Wildman–Crippen MR) is 79.4 cm³/mol. The topological polar surface area (TPSA) is 83.2 Å². The van der Waals surface area contributed by atoms with Gasteiger partial charge in [0.15, 0.2) is 0 Å². The van der Waals surface area contributed by atoms with Gasteiger partial charge in [-0.25, -0.2) is 13.1 Å². The molecule has 1 aromatic heterocycles. The third-order valence-electron chi connectivity index (χ3n) is 4.00. The van der Waals surface area contributed by atoms with Crippen LogP contribution in [0.5, 0.6) is 0 Å². The quantitative estimate of drug-likeness (QED) is 0.700. The van der Waals surface area contributed by atoms with Crippen LogP contribution in [0, 0.1) is 5.92 Å². The molecule has 21 heavy (non-hydrogen) atoms. The number of aromatic nitrogens is 1. The van der Waals surface area contributed by atoms with Crippen LogP contribution in [0.4, 0.5) is 0 Å². The van der Waals surface area contributed by atoms with Crippen molar-refractivity contribution in [3.05, 3.63) is 18.0 Å². The summed E-state index contributed by atoms with van der Waals surface area (Å²) in [4.78, 5) is 3.34. The molecule has 1 atom stereocenters. The van der Waals surface area contributed by atoms with E-state index in [-0.39, 0.29) is 5.92 Å². The summed E-state index contributed by atoms with van der Waals surface area (Å²) in [6.45, 7) is 2.57. The Morgan fingerprint density at radius 2 is 2.19 bits per heavy atom. The molecular weight excluding hydrogens is 290 g/mol. The number of ether oxygens (including phenoxy) is 1. The van der Waals surface area contributed by atoms with E-state index in [2.05, 4.69) is 15.0 Å². The van der Waals surface area contributed by atoms with E-state index in [0.717, 1.165) is 25.1 Å². The van der Waals surface area contributed by atoms with Gasteiger partial charge in [0.05, 0.1) is 11.5 Å². The first-order chi connectivity index (χ1) is 10.1. The number of nitrogens with one attached hydrogen (secondary N) is 3. The van der Waals surface area contributed by atoms with Crippen molar-refractivity contribution < 1.29 is 13.2 Å². The lowest BCUT2D eigenvalue weighted by Crippen LogP contribution is -2.33. The first-order valence-corrected chi connectivity index (χ1v) is 9.10. The maximum atomic E-state index is 12.2. The van der Waals surface area contributed by atoms with Gasteiger partial charge in [-0.15, -0.1) is 0 Å². The second-order valence-electron chi connectivity index (χ2n) is 5.95. The molecule has 0 aromatic carbocycles. The Kier molecular flexibility index (Phi) is 4.63. The van der Waals surface area contributed by atoms with Crippen molar-refractivity contribution in [1.82, 2.24) is 15.0 Å². The molecule has 2 heterocycles. The van der Waals surface area contributed by atoms with E-state index in [0.29, 0.717) is 30.6 Å². The van der Waals surface area contributed by atoms with Crippen molar-refractivity contribution in [2.45, 2.75) is 43.2 Å². The third-order valence-corrected chi connectivity index (χ3v) is 5.40. The molecule has 1 aliphatic carbocycles. The summed E-state index contributed by atoms with van der Waals surface area (Å²) in [5.41, 5.74) is 0.906. The number of aromatic amines is 1. The lowest BCUT2D eigenvalue weighted by atomic mass is 10.0. The van der Waals surface area contributed by atoms with Gasteiger partial charge in [0.2, 0.25) is 10.0 Å². The van der Waals surface area contributed by atoms with Crippen molar-refractivity contribution in [1.29, 1.82) is 0 Å². The normalized spacial score (nSPS) is 23.3. The van der Waals surface area contributed by atoms with E-state index in [4.69, 9.17) is 4.74 Å². The highest BCUT2D eigenvalue weighted by atomic mass is 32.2. The van der Waals surface area contributed by atoms with E-state index in [1.807, 2.05) is 0 Å². The Morgan fingerprint density at radius 1 is 1.33 bits per heavy atom. The van der Waals surface area contributed by atoms with Gasteiger partial charge in [-0.3, -0.25) is 0 Å². The zero-order chi connectivity index (χ0) is 14.7. The minimum atomic E-state index is -3.43. The Balaban J connectivity index is 1.53. The smallest absolute Gasteiger partial charge is 0.242 e. The lowest BCUT2D eigenvalue weighted by molar-refractivity contribution is 0.0568. The number of hydrogen-bond donors (Lipinski definition) is 3. The second-order valence-corrected chi connectivity index (χ2v) is 7.72. The molecule has 1 aliphatic heterocycles. The predicted octanol–water partition coefficient (Wildman–Crippen LogP) is 0.972. The molecule has 1 saturated heterocycles. The molecule has 2 fully saturated rings. The fourth-order valence-corrected chi connectivity index (χ4v) is 3.63. The van der Waals surface area contributed by atoms with E-state index in [9.17, 15) is 8.42 Å². The fourth-order valence-electron chi connectivity index (χ4n) is 2.50. The zero-order valence-corrected chi connectivity index (χ0v) is 12.9. The van der Waals surface area contributed by atoms with Crippen molar-refractivity contribution in [3.8, 4) is 0 Å². The molecule has 1 aromatic rings. The number of H-pyrrole nitrogens is 1. The van der Waals surface area contributed by atoms with E-state index in [1.165, 1.54) is 12.8 Å². The summed E-state index contributed by atoms with van der Waals surface area (Å²) in [6, 6.07) is 2.31. The number of sulfonamides is 1. The van der Waals surface area contributed by atoms with Crippen LogP contribution < -0.4 is 10.0 Å². The van der Waals surface area contributed by atoms with E-state index >= 15 is 0 Å². The molecule has 2 aliphatic rings. The summed E-state index contributed by atoms with van der Waals surface area (Å²) in [5, 5.41) is 3.36. The van der Waals surface area contributed by atoms with Crippen molar-refractivity contribution >= 4 is 10.0 Å². The average molecular weight is 313 g/mol. The minimum absolute atomic E-state index is 0.281. The van der Waals surface area contributed by atoms with Gasteiger partial charge in [0, 0.05) is 37.6 Å². The molecule has 7 heteroatoms. The maximum Gasteiger partial charge on any atom is 0.242 e. The molecule has 3 N–H and O–H groups in total. The van der Waals surface area contributed by atoms with Crippen LogP contribution in [0.15, 0.2) is 17.2 Å². The lowest BCUT2D eigenvalue weighted by Gasteiger charge is -2.21. The van der Waals surface area contributed by atoms with Crippen LogP contribution in [0.25, 0.3) is 0 Å². The molecule has 1 saturated carbocycles. The summed E-state index contributed by atoms with van der Waals surface area (Å²) in [6.07, 6.45) is 6.02. The molecule has 3 rings (SSSR count). The van der Waals surface area contributed by atoms with Crippen LogP contribution in [-0.2, 0) is 21.3 Å². The maximum absolute atomic E-state index is 12.2. The zero-order valence-electron chi connectivity index (χ0n) is 12.1. The van der Waals surface area contributed by atoms with Gasteiger partial charge in [-0.1, -0.05) is 0 Å². The number of hydrogen-bond acceptors (Lipinski definition) is 4. The first-order valence-electron chi connectivity index (χ1n) is 7.61. The molecular formula is C14H23N3O3S. The van der Waals surface area contributed by atoms with Gasteiger partial charge in [0.1, 0.15) is 0 Å². The Hall–Kier alpha value is -0.890. The van der Waals surface area contributed by atoms with E-state index < -0.39 is 10.0 Å². The minimum Gasteiger partial charge on any atom is -0.381 e. The molecule has 1 unspecified atom stereocenters. The molecule has 0 amide bonds. The molecule has 0 bridgehead atoms. The van der Waals surface area contributed by atoms with Gasteiger partial charge >= 0.3 is 0 Å². The molecule has 0 radical (unpaired) electrons. The van der Waals surface area contributed by atoms with Crippen molar-refractivity contribution in [2.24, 2.45) is 5.92 Å². The second kappa shape index (κ2) is 6.48. The largest absolute Gasteiger partial charge is 0.381 e. The molecule has 118 valence electrons. The average Bonchev–Trinajstić information content (AvgIpc) is 3.20. The van der Waals surface area contributed by atoms with Gasteiger partial charge in [-0.05, 0) is 37.7 Å². The highest BCUT2D eigenvalue weighted by molar-refractivity contribution is 7.89. The van der Waals surface area contributed by atoms with E-state index in [1.54, 1.807) is 12.3 Å². The van der Waals surface area contributed by atoms with Crippen LogP contribution in [-0.4, -0.2) is 39.2 Å². The highest BCUT2D eigenvalue weighted by Crippen LogP contribution is 2.20. The van der Waals surface area contributed by atoms with Gasteiger partial charge in [0.25, 0.3) is 0 Å². The monoisotopic (exact) mass is 313 g/mol. The summed E-state index contributed by atoms with van der Waals surface area (Å²) in [5.74, 6) is 0.281.